The van der Waals surface area contributed by atoms with Gasteiger partial charge < -0.3 is 49.5 Å². The Labute approximate surface area is 566 Å². The summed E-state index contributed by atoms with van der Waals surface area (Å²) in [5, 5.41) is 16.1. The van der Waals surface area contributed by atoms with Crippen LogP contribution in [0.4, 0.5) is 11.4 Å². The molecular formula is C58H69N6O28P3S4. The fourth-order valence-electron chi connectivity index (χ4n) is 12.1. The van der Waals surface area contributed by atoms with Crippen LogP contribution in [0, 0.1) is 11.8 Å². The Balaban J connectivity index is 0.845. The number of fused-ring (bicyclic) bond motifs is 6. The van der Waals surface area contributed by atoms with E-state index in [1.165, 1.54) is 12.1 Å². The molecule has 34 nitrogen and oxygen atoms in total. The Morgan fingerprint density at radius 3 is 1.96 bits per heavy atom. The van der Waals surface area contributed by atoms with Gasteiger partial charge in [-0.3, -0.25) is 42.1 Å². The quantitative estimate of drug-likeness (QED) is 0.00808. The molecule has 41 heteroatoms. The summed E-state index contributed by atoms with van der Waals surface area (Å²) in [6.07, 6.45) is 8.36. The first-order chi connectivity index (χ1) is 45.7. The number of benzene rings is 4. The number of unbranched alkanes of at least 4 members (excludes halogenated alkanes) is 4. The van der Waals surface area contributed by atoms with Crippen LogP contribution in [0.5, 0.6) is 0 Å². The highest BCUT2D eigenvalue weighted by Crippen LogP contribution is 2.66. The lowest BCUT2D eigenvalue weighted by Crippen LogP contribution is -2.33. The Morgan fingerprint density at radius 2 is 1.34 bits per heavy atom. The predicted octanol–water partition coefficient (Wildman–Crippen LogP) is 4.68. The molecule has 0 saturated carbocycles. The van der Waals surface area contributed by atoms with Crippen molar-refractivity contribution in [2.24, 2.45) is 0 Å². The maximum Gasteiger partial charge on any atom is 0.490 e. The number of aromatic amines is 1. The number of nitrogens with one attached hydrogen (secondary N) is 3. The summed E-state index contributed by atoms with van der Waals surface area (Å²) >= 11 is 0. The number of anilines is 1. The second-order valence-corrected chi connectivity index (χ2v) is 34.1. The zero-order valence-electron chi connectivity index (χ0n) is 53.1. The third kappa shape index (κ3) is 18.7. The normalized spacial score (nSPS) is 19.6. The number of rotatable bonds is 28. The summed E-state index contributed by atoms with van der Waals surface area (Å²) in [7, 11) is -35.5. The number of aromatic nitrogens is 2. The molecule has 3 unspecified atom stereocenters. The molecule has 5 aromatic rings. The van der Waals surface area contributed by atoms with Crippen molar-refractivity contribution >= 4 is 114 Å². The highest BCUT2D eigenvalue weighted by Gasteiger charge is 2.47. The monoisotopic (exact) mass is 1520 g/mol. The van der Waals surface area contributed by atoms with Gasteiger partial charge in [-0.25, -0.2) is 26.9 Å². The van der Waals surface area contributed by atoms with Gasteiger partial charge in [0.2, 0.25) is 17.5 Å². The molecule has 11 N–H and O–H groups in total. The molecule has 3 aliphatic rings. The van der Waals surface area contributed by atoms with Crippen molar-refractivity contribution in [2.45, 2.75) is 134 Å². The van der Waals surface area contributed by atoms with E-state index in [0.29, 0.717) is 97.7 Å². The Hall–Kier alpha value is -6.76. The van der Waals surface area contributed by atoms with Crippen molar-refractivity contribution in [3.63, 3.8) is 0 Å². The van der Waals surface area contributed by atoms with Crippen molar-refractivity contribution in [2.75, 3.05) is 38.2 Å². The highest BCUT2D eigenvalue weighted by atomic mass is 32.2. The molecule has 4 heterocycles. The molecule has 0 spiro atoms. The number of H-pyrrole nitrogens is 1. The van der Waals surface area contributed by atoms with Crippen LogP contribution < -0.4 is 26.8 Å². The van der Waals surface area contributed by atoms with Gasteiger partial charge in [0.1, 0.15) is 40.0 Å². The average Bonchev–Trinajstić information content (AvgIpc) is 1.60. The van der Waals surface area contributed by atoms with E-state index in [9.17, 15) is 99.6 Å². The van der Waals surface area contributed by atoms with Crippen molar-refractivity contribution in [3.8, 4) is 11.8 Å². The van der Waals surface area contributed by atoms with Crippen LogP contribution in [0.1, 0.15) is 108 Å². The minimum atomic E-state index is -5.83. The molecule has 4 aromatic carbocycles. The van der Waals surface area contributed by atoms with E-state index in [2.05, 4.69) is 35.6 Å². The maximum atomic E-state index is 12.9. The second kappa shape index (κ2) is 29.7. The third-order valence-corrected chi connectivity index (χ3v) is 23.6. The zero-order chi connectivity index (χ0) is 73.4. The van der Waals surface area contributed by atoms with E-state index in [4.69, 9.17) is 14.5 Å². The van der Waals surface area contributed by atoms with Crippen LogP contribution in [0.25, 0.3) is 21.5 Å². The van der Waals surface area contributed by atoms with Crippen LogP contribution in [0.15, 0.2) is 120 Å². The molecule has 0 aliphatic carbocycles. The van der Waals surface area contributed by atoms with Gasteiger partial charge in [0, 0.05) is 78.4 Å². The maximum absolute atomic E-state index is 12.9. The van der Waals surface area contributed by atoms with Crippen LogP contribution in [-0.4, -0.2) is 154 Å². The molecule has 1 fully saturated rings. The van der Waals surface area contributed by atoms with E-state index >= 15 is 0 Å². The van der Waals surface area contributed by atoms with E-state index in [1.807, 2.05) is 42.2 Å². The first kappa shape index (κ1) is 78.0. The number of phosphoric acid groups is 3. The average molecular weight is 1520 g/mol. The number of carbonyl (C=O) groups is 2. The van der Waals surface area contributed by atoms with Crippen molar-refractivity contribution in [1.82, 2.24) is 20.2 Å². The van der Waals surface area contributed by atoms with Gasteiger partial charge in [0.15, 0.2) is 5.71 Å². The Kier molecular flexibility index (Phi) is 23.4. The van der Waals surface area contributed by atoms with Gasteiger partial charge in [-0.05, 0) is 104 Å². The van der Waals surface area contributed by atoms with E-state index in [-0.39, 0.29) is 64.7 Å². The Morgan fingerprint density at radius 1 is 0.747 bits per heavy atom. The number of ether oxygens (including phenoxy) is 1. The topological polar surface area (TPSA) is 529 Å². The molecule has 5 atom stereocenters. The van der Waals surface area contributed by atoms with Crippen LogP contribution in [0.2, 0.25) is 0 Å². The van der Waals surface area contributed by atoms with Crippen LogP contribution in [0.3, 0.4) is 0 Å². The SMILES string of the molecule is C[N+]1=C(/C=C/C=C/C=C2/N(CCCCCC(=O)NCCCCCC(=O)NCC#Cc3cn([C@H]4CC(O)[C@@H](COP(=O)(O)OP(=O)(O)OP(=O)(O)O)O4)c(=O)[nH]c3=O)c3ccc4c(S(=O)(=O)[O-])cc(S(=O)(=O)O)cc4c3C2(C)C)C(C)(C)c2c1ccc1c(S(=O)(=O)O)cc(S(=O)(=O)O)cc21. The molecule has 538 valence electrons. The summed E-state index contributed by atoms with van der Waals surface area (Å²) in [5.41, 5.74) is -0.753. The Bertz CT molecular complexity index is 5070. The molecule has 8 rings (SSSR count). The standard InChI is InChI=1S/C58H69N6O28P3S4/c1-57(2)48(62(5)42-23-21-38-40(53(42)57)28-36(96(77,78)79)30-46(38)98(83,84)85)17-9-6-10-18-49-58(3,4)54-41-29-37(97(80,81)82)31-47(99(86,87)88)39(41)22-24-43(54)63(49)27-14-8-12-20-50(66)59-25-13-7-11-19-51(67)60-26-15-16-35-33-64(56(69)61-55(35)68)52-32-44(65)45(90-52)34-89-94(73,74)92-95(75,76)91-93(70,71)72/h6,9-10,17-18,21-24,28-31,33,44-45,52,65H,7-8,11-14,19-20,25-27,32,34H2,1-5H3,(H10-,59,60,61,66,67,68,69,70,71,72,73,74,75,76,77,78,79,80,81,82,83,84,85,86,87,88)/t44?,45-,52-/m1/s1. The predicted molar refractivity (Wildman–Crippen MR) is 351 cm³/mol. The molecule has 0 radical (unpaired) electrons. The lowest BCUT2D eigenvalue weighted by Gasteiger charge is -2.27. The molecule has 0 bridgehead atoms. The first-order valence-electron chi connectivity index (χ1n) is 29.8. The zero-order valence-corrected chi connectivity index (χ0v) is 59.0. The number of carbonyl (C=O) groups excluding carboxylic acids is 2. The molecule has 1 saturated heterocycles. The largest absolute Gasteiger partial charge is 0.744 e. The smallest absolute Gasteiger partial charge is 0.490 e. The number of phosphoric ester groups is 1. The van der Waals surface area contributed by atoms with Gasteiger partial charge in [-0.15, -0.1) is 0 Å². The van der Waals surface area contributed by atoms with E-state index < -0.39 is 131 Å². The van der Waals surface area contributed by atoms with Crippen molar-refractivity contribution in [3.05, 3.63) is 128 Å². The summed E-state index contributed by atoms with van der Waals surface area (Å²) in [6, 6.07) is 9.60. The third-order valence-electron chi connectivity index (χ3n) is 16.4. The molecule has 99 heavy (non-hydrogen) atoms. The first-order valence-corrected chi connectivity index (χ1v) is 40.0. The van der Waals surface area contributed by atoms with Gasteiger partial charge in [-0.1, -0.05) is 62.8 Å². The van der Waals surface area contributed by atoms with Crippen molar-refractivity contribution < 1.29 is 122 Å². The van der Waals surface area contributed by atoms with Crippen molar-refractivity contribution in [1.29, 1.82) is 0 Å². The number of hydrogen-bond acceptors (Lipinski definition) is 22. The molecule has 3 aliphatic heterocycles. The number of hydrogen-bond donors (Lipinski definition) is 11. The molecule has 2 amide bonds. The summed E-state index contributed by atoms with van der Waals surface area (Å²) < 4.78 is 197. The van der Waals surface area contributed by atoms with Gasteiger partial charge in [-0.2, -0.15) is 38.5 Å². The lowest BCUT2D eigenvalue weighted by atomic mass is 9.79. The summed E-state index contributed by atoms with van der Waals surface area (Å²) in [4.78, 5) is 88.0. The molecular weight excluding hydrogens is 1450 g/mol. The van der Waals surface area contributed by atoms with Gasteiger partial charge >= 0.3 is 29.2 Å². The summed E-state index contributed by atoms with van der Waals surface area (Å²) in [6.45, 7) is 6.69. The van der Waals surface area contributed by atoms with Gasteiger partial charge in [0.05, 0.1) is 39.4 Å². The minimum absolute atomic E-state index is 0.0205. The summed E-state index contributed by atoms with van der Waals surface area (Å²) in [5.74, 6) is 4.49. The number of aliphatic hydroxyl groups is 1. The van der Waals surface area contributed by atoms with Gasteiger partial charge in [0.25, 0.3) is 35.9 Å². The number of allylic oxidation sites excluding steroid dienone is 6. The fourth-order valence-corrected chi connectivity index (χ4v) is 17.8. The minimum Gasteiger partial charge on any atom is -0.744 e. The van der Waals surface area contributed by atoms with E-state index in [1.54, 1.807) is 49.6 Å². The fraction of sp³-hybridized carbons (Fsp3) is 0.397. The number of amides is 2. The number of nitrogens with zero attached hydrogens (tertiary/aromatic N) is 3. The van der Waals surface area contributed by atoms with Crippen LogP contribution in [-0.2, 0) is 92.5 Å². The van der Waals surface area contributed by atoms with E-state index in [0.717, 1.165) is 22.9 Å². The highest BCUT2D eigenvalue weighted by molar-refractivity contribution is 7.87. The molecule has 1 aromatic heterocycles. The number of aliphatic hydroxyl groups excluding tert-OH is 1. The van der Waals surface area contributed by atoms with Crippen LogP contribution >= 0.6 is 23.5 Å². The second-order valence-electron chi connectivity index (χ2n) is 24.1. The lowest BCUT2D eigenvalue weighted by molar-refractivity contribution is -0.401.